The number of Topliss-reactive ketones (excluding diaryl/α,β-unsaturated/α-hetero) is 1. The molecule has 0 saturated carbocycles. The van der Waals surface area contributed by atoms with Crippen LogP contribution in [0.5, 0.6) is 0 Å². The first-order valence-electron chi connectivity index (χ1n) is 6.15. The highest BCUT2D eigenvalue weighted by Gasteiger charge is 2.11. The van der Waals surface area contributed by atoms with Crippen molar-refractivity contribution in [2.24, 2.45) is 0 Å². The number of thiophene rings is 1. The maximum Gasteiger partial charge on any atom is 0.177 e. The van der Waals surface area contributed by atoms with Crippen LogP contribution in [0.2, 0.25) is 0 Å². The van der Waals surface area contributed by atoms with Crippen molar-refractivity contribution in [3.05, 3.63) is 64.0 Å². The summed E-state index contributed by atoms with van der Waals surface area (Å²) in [6.07, 6.45) is 2.18. The zero-order valence-electron chi connectivity index (χ0n) is 10.6. The molecule has 0 bridgehead atoms. The van der Waals surface area contributed by atoms with Crippen LogP contribution in [0.3, 0.4) is 0 Å². The van der Waals surface area contributed by atoms with Crippen LogP contribution in [0.15, 0.2) is 48.0 Å². The lowest BCUT2D eigenvalue weighted by Gasteiger charge is -2.04. The predicted octanol–water partition coefficient (Wildman–Crippen LogP) is 4.03. The number of benzene rings is 1. The third-order valence-corrected chi connectivity index (χ3v) is 4.16. The topological polar surface area (TPSA) is 30.0 Å². The minimum atomic E-state index is 0.163. The fourth-order valence-corrected chi connectivity index (χ4v) is 2.99. The molecule has 2 heterocycles. The van der Waals surface area contributed by atoms with Crippen molar-refractivity contribution in [2.75, 3.05) is 0 Å². The summed E-state index contributed by atoms with van der Waals surface area (Å²) < 4.78 is 0. The second-order valence-electron chi connectivity index (χ2n) is 4.58. The van der Waals surface area contributed by atoms with Gasteiger partial charge in [-0.2, -0.15) is 0 Å². The van der Waals surface area contributed by atoms with Crippen molar-refractivity contribution in [2.45, 2.75) is 13.3 Å². The zero-order chi connectivity index (χ0) is 13.2. The molecule has 0 aliphatic carbocycles. The van der Waals surface area contributed by atoms with Crippen LogP contribution in [0, 0.1) is 6.92 Å². The van der Waals surface area contributed by atoms with Gasteiger partial charge in [0.15, 0.2) is 5.78 Å². The summed E-state index contributed by atoms with van der Waals surface area (Å²) >= 11 is 1.51. The van der Waals surface area contributed by atoms with E-state index in [0.29, 0.717) is 6.42 Å². The molecule has 0 N–H and O–H groups in total. The Morgan fingerprint density at radius 3 is 2.89 bits per heavy atom. The summed E-state index contributed by atoms with van der Waals surface area (Å²) in [4.78, 5) is 17.5. The first kappa shape index (κ1) is 12.1. The minimum Gasteiger partial charge on any atom is -0.293 e. The van der Waals surface area contributed by atoms with Crippen LogP contribution in [0.1, 0.15) is 20.8 Å². The van der Waals surface area contributed by atoms with E-state index in [2.05, 4.69) is 4.98 Å². The highest BCUT2D eigenvalue weighted by molar-refractivity contribution is 7.12. The monoisotopic (exact) mass is 267 g/mol. The smallest absolute Gasteiger partial charge is 0.177 e. The van der Waals surface area contributed by atoms with Gasteiger partial charge in [0.05, 0.1) is 10.4 Å². The predicted molar refractivity (Wildman–Crippen MR) is 78.8 cm³/mol. The number of ketones is 1. The summed E-state index contributed by atoms with van der Waals surface area (Å²) in [6, 6.07) is 11.9. The van der Waals surface area contributed by atoms with Crippen molar-refractivity contribution in [3.8, 4) is 0 Å². The number of aromatic nitrogens is 1. The number of fused-ring (bicyclic) bond motifs is 1. The van der Waals surface area contributed by atoms with Crippen molar-refractivity contribution < 1.29 is 4.79 Å². The van der Waals surface area contributed by atoms with Gasteiger partial charge in [0, 0.05) is 18.0 Å². The van der Waals surface area contributed by atoms with Crippen LogP contribution in [0.25, 0.3) is 10.9 Å². The highest BCUT2D eigenvalue weighted by atomic mass is 32.1. The van der Waals surface area contributed by atoms with Gasteiger partial charge in [-0.1, -0.05) is 24.3 Å². The van der Waals surface area contributed by atoms with Gasteiger partial charge in [0.1, 0.15) is 0 Å². The van der Waals surface area contributed by atoms with E-state index in [4.69, 9.17) is 0 Å². The fourth-order valence-electron chi connectivity index (χ4n) is 2.15. The van der Waals surface area contributed by atoms with Gasteiger partial charge in [-0.3, -0.25) is 9.78 Å². The first-order valence-corrected chi connectivity index (χ1v) is 7.03. The molecule has 0 atom stereocenters. The molecule has 94 valence electrons. The maximum atomic E-state index is 12.3. The number of hydrogen-bond donors (Lipinski definition) is 0. The molecule has 0 fully saturated rings. The zero-order valence-corrected chi connectivity index (χ0v) is 11.4. The number of aryl methyl sites for hydroxylation is 1. The number of para-hydroxylation sites is 1. The average Bonchev–Trinajstić information content (AvgIpc) is 2.86. The van der Waals surface area contributed by atoms with Crippen molar-refractivity contribution in [1.29, 1.82) is 0 Å². The molecule has 19 heavy (non-hydrogen) atoms. The van der Waals surface area contributed by atoms with E-state index in [1.54, 1.807) is 6.20 Å². The van der Waals surface area contributed by atoms with Crippen molar-refractivity contribution >= 4 is 28.0 Å². The first-order chi connectivity index (χ1) is 9.24. The third-order valence-electron chi connectivity index (χ3n) is 3.07. The largest absolute Gasteiger partial charge is 0.293 e. The van der Waals surface area contributed by atoms with Crippen LogP contribution in [-0.4, -0.2) is 10.8 Å². The third kappa shape index (κ3) is 2.42. The second-order valence-corrected chi connectivity index (χ2v) is 5.49. The Morgan fingerprint density at radius 2 is 2.11 bits per heavy atom. The molecule has 2 nitrogen and oxygen atoms in total. The maximum absolute atomic E-state index is 12.3. The van der Waals surface area contributed by atoms with E-state index in [1.807, 2.05) is 48.7 Å². The van der Waals surface area contributed by atoms with Gasteiger partial charge in [-0.25, -0.2) is 0 Å². The number of pyridine rings is 1. The van der Waals surface area contributed by atoms with Gasteiger partial charge >= 0.3 is 0 Å². The van der Waals surface area contributed by atoms with E-state index >= 15 is 0 Å². The number of carbonyl (C=O) groups is 1. The molecule has 3 rings (SSSR count). The van der Waals surface area contributed by atoms with Crippen molar-refractivity contribution in [3.63, 3.8) is 0 Å². The average molecular weight is 267 g/mol. The Bertz CT molecular complexity index is 740. The Morgan fingerprint density at radius 1 is 1.26 bits per heavy atom. The quantitative estimate of drug-likeness (QED) is 0.671. The van der Waals surface area contributed by atoms with Gasteiger partial charge in [-0.15, -0.1) is 11.3 Å². The molecule has 0 radical (unpaired) electrons. The molecular formula is C16H13NOS. The molecule has 1 aromatic carbocycles. The van der Waals surface area contributed by atoms with E-state index < -0.39 is 0 Å². The van der Waals surface area contributed by atoms with Crippen LogP contribution in [-0.2, 0) is 6.42 Å². The summed E-state index contributed by atoms with van der Waals surface area (Å²) in [6.45, 7) is 2.01. The molecular weight excluding hydrogens is 254 g/mol. The van der Waals surface area contributed by atoms with Gasteiger partial charge in [0.25, 0.3) is 0 Å². The lowest BCUT2D eigenvalue weighted by atomic mass is 10.0. The van der Waals surface area contributed by atoms with Crippen LogP contribution >= 0.6 is 11.3 Å². The molecule has 0 aliphatic heterocycles. The number of hydrogen-bond acceptors (Lipinski definition) is 3. The minimum absolute atomic E-state index is 0.163. The Kier molecular flexibility index (Phi) is 3.13. The van der Waals surface area contributed by atoms with E-state index in [1.165, 1.54) is 11.3 Å². The lowest BCUT2D eigenvalue weighted by molar-refractivity contribution is 0.0997. The van der Waals surface area contributed by atoms with Crippen LogP contribution < -0.4 is 0 Å². The van der Waals surface area contributed by atoms with E-state index in [0.717, 1.165) is 26.9 Å². The fraction of sp³-hybridized carbons (Fsp3) is 0.125. The Balaban J connectivity index is 1.95. The molecule has 0 aliphatic rings. The summed E-state index contributed by atoms with van der Waals surface area (Å²) in [7, 11) is 0. The molecule has 0 saturated heterocycles. The van der Waals surface area contributed by atoms with Crippen molar-refractivity contribution in [1.82, 2.24) is 4.98 Å². The molecule has 0 unspecified atom stereocenters. The molecule has 0 amide bonds. The SMILES string of the molecule is Cc1csc(C(=O)Cc2cccc3cccnc23)c1. The van der Waals surface area contributed by atoms with Gasteiger partial charge in [0.2, 0.25) is 0 Å². The summed E-state index contributed by atoms with van der Waals surface area (Å²) in [5.41, 5.74) is 3.06. The molecule has 3 heteroatoms. The lowest BCUT2D eigenvalue weighted by Crippen LogP contribution is -2.02. The molecule has 2 aromatic heterocycles. The number of carbonyl (C=O) groups excluding carboxylic acids is 1. The highest BCUT2D eigenvalue weighted by Crippen LogP contribution is 2.20. The van der Waals surface area contributed by atoms with Gasteiger partial charge < -0.3 is 0 Å². The molecule has 3 aromatic rings. The standard InChI is InChI=1S/C16H13NOS/c1-11-8-15(19-10-11)14(18)9-13-5-2-4-12-6-3-7-17-16(12)13/h2-8,10H,9H2,1H3. The Labute approximate surface area is 115 Å². The van der Waals surface area contributed by atoms with E-state index in [9.17, 15) is 4.79 Å². The molecule has 0 spiro atoms. The second kappa shape index (κ2) is 4.94. The van der Waals surface area contributed by atoms with Crippen LogP contribution in [0.4, 0.5) is 0 Å². The number of nitrogens with zero attached hydrogens (tertiary/aromatic N) is 1. The summed E-state index contributed by atoms with van der Waals surface area (Å²) in [5, 5.41) is 3.09. The Hall–Kier alpha value is -2.00. The normalized spacial score (nSPS) is 10.8. The van der Waals surface area contributed by atoms with E-state index in [-0.39, 0.29) is 5.78 Å². The summed E-state index contributed by atoms with van der Waals surface area (Å²) in [5.74, 6) is 0.163. The van der Waals surface area contributed by atoms with Gasteiger partial charge in [-0.05, 0) is 35.6 Å². The number of rotatable bonds is 3.